The van der Waals surface area contributed by atoms with Gasteiger partial charge in [-0.05, 0) is 20.8 Å². The maximum atomic E-state index is 5.07. The van der Waals surface area contributed by atoms with Gasteiger partial charge in [0.2, 0.25) is 0 Å². The van der Waals surface area contributed by atoms with Gasteiger partial charge in [0.25, 0.3) is 0 Å². The molecule has 12 heavy (non-hydrogen) atoms. The van der Waals surface area contributed by atoms with Gasteiger partial charge in [0.15, 0.2) is 0 Å². The maximum absolute atomic E-state index is 5.07. The smallest absolute Gasteiger partial charge is 0.397 e. The minimum Gasteiger partial charge on any atom is -0.397 e. The summed E-state index contributed by atoms with van der Waals surface area (Å²) in [4.78, 5) is 0. The molecule has 2 nitrogen and oxygen atoms in total. The molecule has 1 rings (SSSR count). The Morgan fingerprint density at radius 1 is 1.42 bits per heavy atom. The molecule has 0 unspecified atom stereocenters. The van der Waals surface area contributed by atoms with Crippen LogP contribution in [0.2, 0.25) is 19.6 Å². The van der Waals surface area contributed by atoms with Gasteiger partial charge < -0.3 is 4.52 Å². The Kier molecular flexibility index (Phi) is 4.18. The second-order valence-electron chi connectivity index (χ2n) is 3.88. The topological polar surface area (TPSA) is 26.0 Å². The van der Waals surface area contributed by atoms with Crippen LogP contribution in [0.1, 0.15) is 11.5 Å². The molecule has 0 fully saturated rings. The molecule has 1 heterocycles. The molecular formula is C8H14LiNOSi. The summed E-state index contributed by atoms with van der Waals surface area (Å²) in [6.07, 6.45) is 0. The molecule has 0 aliphatic carbocycles. The number of hydrogen-bond donors (Lipinski definition) is 0. The molecule has 0 aromatic carbocycles. The first-order valence-electron chi connectivity index (χ1n) is 3.77. The van der Waals surface area contributed by atoms with Crippen molar-refractivity contribution in [2.45, 2.75) is 26.6 Å². The SMILES string of the molecule is Cc1cc([CH-][Si](C)(C)C)on1.[Li+]. The summed E-state index contributed by atoms with van der Waals surface area (Å²) in [6.45, 7) is 8.74. The van der Waals surface area contributed by atoms with E-state index in [4.69, 9.17) is 4.52 Å². The van der Waals surface area contributed by atoms with Crippen LogP contribution in [0, 0.1) is 13.0 Å². The summed E-state index contributed by atoms with van der Waals surface area (Å²) in [5.41, 5.74) is 0.953. The van der Waals surface area contributed by atoms with E-state index in [1.807, 2.05) is 13.0 Å². The first-order valence-corrected chi connectivity index (χ1v) is 7.34. The van der Waals surface area contributed by atoms with Gasteiger partial charge in [-0.15, -0.1) is 11.2 Å². The second-order valence-corrected chi connectivity index (χ2v) is 8.90. The zero-order valence-corrected chi connectivity index (χ0v) is 9.51. The van der Waals surface area contributed by atoms with Gasteiger partial charge in [0.1, 0.15) is 0 Å². The monoisotopic (exact) mass is 175 g/mol. The Labute approximate surface area is 86.9 Å². The Morgan fingerprint density at radius 3 is 2.33 bits per heavy atom. The summed E-state index contributed by atoms with van der Waals surface area (Å²) in [5.74, 6) is 0.918. The van der Waals surface area contributed by atoms with Crippen LogP contribution in [-0.4, -0.2) is 13.2 Å². The van der Waals surface area contributed by atoms with Crippen molar-refractivity contribution in [3.63, 3.8) is 0 Å². The van der Waals surface area contributed by atoms with E-state index >= 15 is 0 Å². The summed E-state index contributed by atoms with van der Waals surface area (Å²) in [6, 6.07) is 4.17. The second kappa shape index (κ2) is 4.22. The van der Waals surface area contributed by atoms with Crippen LogP contribution in [0.25, 0.3) is 0 Å². The Balaban J connectivity index is 0.00000121. The van der Waals surface area contributed by atoms with Crippen LogP contribution in [0.5, 0.6) is 0 Å². The van der Waals surface area contributed by atoms with E-state index in [1.165, 1.54) is 0 Å². The molecule has 62 valence electrons. The summed E-state index contributed by atoms with van der Waals surface area (Å²) in [7, 11) is -1.14. The average molecular weight is 175 g/mol. The fourth-order valence-electron chi connectivity index (χ4n) is 0.878. The number of nitrogens with zero attached hydrogens (tertiary/aromatic N) is 1. The minimum atomic E-state index is -1.14. The molecule has 1 aromatic rings. The van der Waals surface area contributed by atoms with E-state index in [2.05, 4.69) is 30.8 Å². The molecule has 0 bridgehead atoms. The van der Waals surface area contributed by atoms with Crippen molar-refractivity contribution >= 4 is 8.07 Å². The van der Waals surface area contributed by atoms with E-state index < -0.39 is 8.07 Å². The van der Waals surface area contributed by atoms with E-state index in [1.54, 1.807) is 0 Å². The third-order valence-electron chi connectivity index (χ3n) is 1.22. The van der Waals surface area contributed by atoms with Crippen molar-refractivity contribution in [3.05, 3.63) is 23.6 Å². The van der Waals surface area contributed by atoms with Gasteiger partial charge in [0.05, 0.1) is 0 Å². The molecule has 1 aromatic heterocycles. The fraction of sp³-hybridized carbons (Fsp3) is 0.500. The predicted molar refractivity (Wildman–Crippen MR) is 48.0 cm³/mol. The normalized spacial score (nSPS) is 10.7. The van der Waals surface area contributed by atoms with E-state index in [9.17, 15) is 0 Å². The van der Waals surface area contributed by atoms with E-state index in [-0.39, 0.29) is 18.9 Å². The third-order valence-corrected chi connectivity index (χ3v) is 2.37. The van der Waals surface area contributed by atoms with Crippen molar-refractivity contribution in [2.24, 2.45) is 0 Å². The molecule has 0 amide bonds. The van der Waals surface area contributed by atoms with Gasteiger partial charge in [-0.3, -0.25) is 0 Å². The van der Waals surface area contributed by atoms with Crippen molar-refractivity contribution in [1.82, 2.24) is 5.16 Å². The molecule has 0 saturated heterocycles. The fourth-order valence-corrected chi connectivity index (χ4v) is 1.87. The molecule has 4 heteroatoms. The van der Waals surface area contributed by atoms with E-state index in [0.29, 0.717) is 0 Å². The van der Waals surface area contributed by atoms with Gasteiger partial charge >= 0.3 is 18.9 Å². The Morgan fingerprint density at radius 2 is 2.00 bits per heavy atom. The summed E-state index contributed by atoms with van der Waals surface area (Å²) < 4.78 is 5.07. The molecule has 0 saturated carbocycles. The third kappa shape index (κ3) is 4.05. The van der Waals surface area contributed by atoms with Crippen LogP contribution in [0.3, 0.4) is 0 Å². The minimum absolute atomic E-state index is 0. The number of aryl methyl sites for hydroxylation is 1. The van der Waals surface area contributed by atoms with Gasteiger partial charge in [-0.2, -0.15) is 6.04 Å². The zero-order chi connectivity index (χ0) is 8.48. The van der Waals surface area contributed by atoms with Crippen LogP contribution >= 0.6 is 0 Å². The van der Waals surface area contributed by atoms with Crippen molar-refractivity contribution in [1.29, 1.82) is 0 Å². The average Bonchev–Trinajstić information content (AvgIpc) is 2.10. The number of aromatic nitrogens is 1. The van der Waals surface area contributed by atoms with Crippen LogP contribution in [-0.2, 0) is 0 Å². The molecule has 0 N–H and O–H groups in total. The summed E-state index contributed by atoms with van der Waals surface area (Å²) in [5, 5.41) is 3.82. The first kappa shape index (κ1) is 11.9. The first-order chi connectivity index (χ1) is 4.97. The van der Waals surface area contributed by atoms with Crippen LogP contribution < -0.4 is 18.9 Å². The number of hydrogen-bond acceptors (Lipinski definition) is 2. The molecular weight excluding hydrogens is 161 g/mol. The molecule has 0 spiro atoms. The zero-order valence-electron chi connectivity index (χ0n) is 8.51. The van der Waals surface area contributed by atoms with Crippen molar-refractivity contribution in [2.75, 3.05) is 0 Å². The maximum Gasteiger partial charge on any atom is 1.00 e. The summed E-state index contributed by atoms with van der Waals surface area (Å²) >= 11 is 0. The molecule has 0 atom stereocenters. The predicted octanol–water partition coefficient (Wildman–Crippen LogP) is -0.583. The van der Waals surface area contributed by atoms with Crippen LogP contribution in [0.15, 0.2) is 10.6 Å². The van der Waals surface area contributed by atoms with E-state index in [0.717, 1.165) is 11.5 Å². The Bertz CT molecular complexity index is 241. The van der Waals surface area contributed by atoms with Crippen molar-refractivity contribution in [3.8, 4) is 0 Å². The molecule has 0 aliphatic rings. The Hall–Kier alpha value is -0.106. The number of rotatable bonds is 2. The standard InChI is InChI=1S/C8H14NOSi.Li/c1-7-5-8(10-9-7)6-11(2,3)4;/h5-6H,1-4H3;/q-1;+1. The molecule has 0 radical (unpaired) electrons. The quantitative estimate of drug-likeness (QED) is 0.444. The van der Waals surface area contributed by atoms with Gasteiger partial charge in [0, 0.05) is 5.69 Å². The van der Waals surface area contributed by atoms with Crippen LogP contribution in [0.4, 0.5) is 0 Å². The van der Waals surface area contributed by atoms with Crippen molar-refractivity contribution < 1.29 is 23.4 Å². The molecule has 0 aliphatic heterocycles. The van der Waals surface area contributed by atoms with Gasteiger partial charge in [-0.25, -0.2) is 0 Å². The largest absolute Gasteiger partial charge is 1.00 e. The van der Waals surface area contributed by atoms with Gasteiger partial charge in [-0.1, -0.05) is 19.6 Å².